The number of oxazole rings is 1. The average molecular weight is 293 g/mol. The van der Waals surface area contributed by atoms with Gasteiger partial charge in [0.1, 0.15) is 6.26 Å². The highest BCUT2D eigenvalue weighted by molar-refractivity contribution is 7.92. The van der Waals surface area contributed by atoms with Crippen molar-refractivity contribution in [1.82, 2.24) is 4.98 Å². The smallest absolute Gasteiger partial charge is 0.309 e. The lowest BCUT2D eigenvalue weighted by Crippen LogP contribution is -2.16. The van der Waals surface area contributed by atoms with Crippen LogP contribution < -0.4 is 10.0 Å². The molecule has 0 aliphatic carbocycles. The number of nitrogens with one attached hydrogen (secondary N) is 2. The molecule has 0 unspecified atom stereocenters. The summed E-state index contributed by atoms with van der Waals surface area (Å²) in [6.45, 7) is 2.65. The van der Waals surface area contributed by atoms with Gasteiger partial charge in [-0.1, -0.05) is 0 Å². The summed E-state index contributed by atoms with van der Waals surface area (Å²) in [6, 6.07) is 5.05. The van der Waals surface area contributed by atoms with Crippen LogP contribution in [0.3, 0.4) is 0 Å². The van der Waals surface area contributed by atoms with Gasteiger partial charge in [0.2, 0.25) is 0 Å². The van der Waals surface area contributed by atoms with Gasteiger partial charge in [-0.3, -0.25) is 0 Å². The van der Waals surface area contributed by atoms with Gasteiger partial charge < -0.3 is 9.73 Å². The first-order valence-corrected chi connectivity index (χ1v) is 7.85. The fraction of sp³-hybridized carbons (Fsp3) is 0.308. The van der Waals surface area contributed by atoms with Crippen LogP contribution >= 0.6 is 0 Å². The predicted octanol–water partition coefficient (Wildman–Crippen LogP) is 2.14. The molecule has 1 aromatic heterocycles. The number of nitrogens with zero attached hydrogens (tertiary/aromatic N) is 1. The number of fused-ring (bicyclic) bond motifs is 1. The van der Waals surface area contributed by atoms with Crippen LogP contribution in [0, 0.1) is 6.92 Å². The van der Waals surface area contributed by atoms with E-state index < -0.39 is 10.0 Å². The van der Waals surface area contributed by atoms with E-state index in [1.165, 1.54) is 6.26 Å². The topological polar surface area (TPSA) is 84.2 Å². The van der Waals surface area contributed by atoms with E-state index in [1.807, 2.05) is 0 Å². The summed E-state index contributed by atoms with van der Waals surface area (Å²) in [5.41, 5.74) is 2.64. The van der Waals surface area contributed by atoms with Crippen LogP contribution in [0.15, 0.2) is 33.8 Å². The van der Waals surface area contributed by atoms with Gasteiger partial charge in [0.15, 0.2) is 0 Å². The van der Waals surface area contributed by atoms with Crippen molar-refractivity contribution < 1.29 is 12.8 Å². The zero-order chi connectivity index (χ0) is 14.2. The van der Waals surface area contributed by atoms with Crippen molar-refractivity contribution in [3.63, 3.8) is 0 Å². The van der Waals surface area contributed by atoms with E-state index in [-0.39, 0.29) is 10.9 Å². The first-order valence-electron chi connectivity index (χ1n) is 6.36. The normalized spacial score (nSPS) is 14.4. The minimum absolute atomic E-state index is 0.0154. The van der Waals surface area contributed by atoms with Crippen molar-refractivity contribution in [1.29, 1.82) is 0 Å². The van der Waals surface area contributed by atoms with E-state index in [1.54, 1.807) is 25.1 Å². The molecule has 0 fully saturated rings. The highest BCUT2D eigenvalue weighted by Crippen LogP contribution is 2.25. The van der Waals surface area contributed by atoms with E-state index >= 15 is 0 Å². The van der Waals surface area contributed by atoms with Gasteiger partial charge in [0, 0.05) is 12.2 Å². The molecular weight excluding hydrogens is 278 g/mol. The fourth-order valence-electron chi connectivity index (χ4n) is 2.19. The molecule has 2 aromatic rings. The third kappa shape index (κ3) is 2.49. The molecule has 20 heavy (non-hydrogen) atoms. The molecule has 106 valence electrons. The Balaban J connectivity index is 1.91. The number of hydrogen-bond acceptors (Lipinski definition) is 5. The van der Waals surface area contributed by atoms with E-state index in [2.05, 4.69) is 15.0 Å². The summed E-state index contributed by atoms with van der Waals surface area (Å²) in [6.07, 6.45) is 3.28. The zero-order valence-corrected chi connectivity index (χ0v) is 11.8. The first-order chi connectivity index (χ1) is 9.54. The maximum Gasteiger partial charge on any atom is 0.309 e. The van der Waals surface area contributed by atoms with Crippen LogP contribution in [0.2, 0.25) is 0 Å². The monoisotopic (exact) mass is 293 g/mol. The second kappa shape index (κ2) is 4.82. The van der Waals surface area contributed by atoms with Crippen molar-refractivity contribution in [2.45, 2.75) is 24.7 Å². The summed E-state index contributed by atoms with van der Waals surface area (Å²) in [5, 5.41) is 3.25. The van der Waals surface area contributed by atoms with E-state index in [0.717, 1.165) is 30.6 Å². The van der Waals surface area contributed by atoms with Gasteiger partial charge >= 0.3 is 6.01 Å². The van der Waals surface area contributed by atoms with Crippen LogP contribution in [0.25, 0.3) is 0 Å². The van der Waals surface area contributed by atoms with Crippen LogP contribution in [-0.4, -0.2) is 19.9 Å². The summed E-state index contributed by atoms with van der Waals surface area (Å²) in [7, 11) is -3.67. The predicted molar refractivity (Wildman–Crippen MR) is 75.3 cm³/mol. The molecule has 0 spiro atoms. The maximum atomic E-state index is 12.3. The third-order valence-corrected chi connectivity index (χ3v) is 4.48. The quantitative estimate of drug-likeness (QED) is 0.905. The Morgan fingerprint density at radius 1 is 1.40 bits per heavy atom. The lowest BCUT2D eigenvalue weighted by molar-refractivity contribution is 0.569. The molecule has 7 heteroatoms. The van der Waals surface area contributed by atoms with Crippen LogP contribution in [0.1, 0.15) is 17.7 Å². The molecule has 0 saturated heterocycles. The van der Waals surface area contributed by atoms with E-state index in [0.29, 0.717) is 5.69 Å². The summed E-state index contributed by atoms with van der Waals surface area (Å²) in [5.74, 6) is 0. The van der Waals surface area contributed by atoms with Crippen molar-refractivity contribution in [3.05, 3.63) is 35.7 Å². The number of sulfonamides is 1. The molecule has 0 atom stereocenters. The second-order valence-electron chi connectivity index (χ2n) is 4.75. The van der Waals surface area contributed by atoms with Crippen molar-refractivity contribution >= 4 is 21.7 Å². The highest BCUT2D eigenvalue weighted by Gasteiger charge is 2.19. The van der Waals surface area contributed by atoms with Crippen LogP contribution in [0.5, 0.6) is 0 Å². The number of hydrogen-bond donors (Lipinski definition) is 2. The molecule has 6 nitrogen and oxygen atoms in total. The molecule has 3 rings (SSSR count). The van der Waals surface area contributed by atoms with Crippen molar-refractivity contribution in [3.8, 4) is 0 Å². The largest absolute Gasteiger partial charge is 0.431 e. The van der Waals surface area contributed by atoms with Gasteiger partial charge in [-0.15, -0.1) is 0 Å². The van der Waals surface area contributed by atoms with E-state index in [4.69, 9.17) is 4.42 Å². The molecular formula is C13H15N3O3S. The number of anilines is 2. The fourth-order valence-corrected chi connectivity index (χ4v) is 3.18. The Morgan fingerprint density at radius 3 is 3.00 bits per heavy atom. The summed E-state index contributed by atoms with van der Waals surface area (Å²) >= 11 is 0. The molecule has 0 amide bonds. The molecule has 2 N–H and O–H groups in total. The Kier molecular flexibility index (Phi) is 3.13. The summed E-state index contributed by atoms with van der Waals surface area (Å²) in [4.78, 5) is 4.16. The lowest BCUT2D eigenvalue weighted by Gasteiger charge is -2.18. The van der Waals surface area contributed by atoms with Crippen molar-refractivity contribution in [2.24, 2.45) is 0 Å². The van der Waals surface area contributed by atoms with Gasteiger partial charge in [-0.05, 0) is 43.5 Å². The molecule has 1 aliphatic heterocycles. The lowest BCUT2D eigenvalue weighted by atomic mass is 10.0. The van der Waals surface area contributed by atoms with Gasteiger partial charge in [0.25, 0.3) is 10.0 Å². The maximum absolute atomic E-state index is 12.3. The number of benzene rings is 1. The number of aromatic nitrogens is 1. The summed E-state index contributed by atoms with van der Waals surface area (Å²) < 4.78 is 31.9. The second-order valence-corrected chi connectivity index (χ2v) is 6.43. The number of rotatable bonds is 3. The molecule has 1 aliphatic rings. The van der Waals surface area contributed by atoms with Crippen LogP contribution in [0.4, 0.5) is 11.7 Å². The van der Waals surface area contributed by atoms with Crippen LogP contribution in [-0.2, 0) is 16.4 Å². The standard InChI is InChI=1S/C13H15N3O3S/c1-9-8-19-13(15-9)16-20(17,18)11-4-5-12-10(7-11)3-2-6-14-12/h4-5,7-8,14H,2-3,6H2,1H3,(H,15,16). The average Bonchev–Trinajstić information content (AvgIpc) is 2.83. The number of aryl methyl sites for hydroxylation is 2. The molecule has 2 heterocycles. The Hall–Kier alpha value is -2.02. The Bertz CT molecular complexity index is 737. The van der Waals surface area contributed by atoms with Gasteiger partial charge in [-0.2, -0.15) is 4.98 Å². The first kappa shape index (κ1) is 13.0. The zero-order valence-electron chi connectivity index (χ0n) is 11.0. The van der Waals surface area contributed by atoms with Gasteiger partial charge in [0.05, 0.1) is 10.6 Å². The molecule has 0 saturated carbocycles. The molecule has 0 radical (unpaired) electrons. The molecule has 1 aromatic carbocycles. The SMILES string of the molecule is Cc1coc(NS(=O)(=O)c2ccc3c(c2)CCCN3)n1. The van der Waals surface area contributed by atoms with Crippen molar-refractivity contribution in [2.75, 3.05) is 16.6 Å². The third-order valence-electron chi connectivity index (χ3n) is 3.17. The Labute approximate surface area is 117 Å². The molecule has 0 bridgehead atoms. The minimum Gasteiger partial charge on any atom is -0.431 e. The van der Waals surface area contributed by atoms with Gasteiger partial charge in [-0.25, -0.2) is 13.1 Å². The Morgan fingerprint density at radius 2 is 2.25 bits per heavy atom. The highest BCUT2D eigenvalue weighted by atomic mass is 32.2. The van der Waals surface area contributed by atoms with E-state index in [9.17, 15) is 8.42 Å². The minimum atomic E-state index is -3.67.